The van der Waals surface area contributed by atoms with E-state index in [4.69, 9.17) is 14.2 Å². The lowest BCUT2D eigenvalue weighted by Gasteiger charge is -2.26. The second-order valence-corrected chi connectivity index (χ2v) is 8.39. The Balaban J connectivity index is 1.74. The summed E-state index contributed by atoms with van der Waals surface area (Å²) in [6, 6.07) is 11.1. The van der Waals surface area contributed by atoms with Crippen molar-refractivity contribution in [1.29, 1.82) is 0 Å². The normalized spacial score (nSPS) is 16.6. The van der Waals surface area contributed by atoms with E-state index in [9.17, 15) is 14.7 Å². The van der Waals surface area contributed by atoms with E-state index in [1.807, 2.05) is 10.8 Å². The summed E-state index contributed by atoms with van der Waals surface area (Å²) in [7, 11) is 3.04. The molecule has 1 unspecified atom stereocenters. The molecule has 0 radical (unpaired) electrons. The van der Waals surface area contributed by atoms with Gasteiger partial charge in [-0.15, -0.1) is 0 Å². The van der Waals surface area contributed by atoms with E-state index in [2.05, 4.69) is 11.6 Å². The van der Waals surface area contributed by atoms with Crippen LogP contribution < -0.4 is 14.2 Å². The lowest BCUT2D eigenvalue weighted by atomic mass is 9.95. The standard InChI is InChI=1S/C28H29N3O6/c1-4-16-37-21-9-6-19(7-10-21)26(32)24-25(20-8-11-22(35-2)23(17-20)36-3)31(28(34)27(24)33)14-5-13-30-15-12-29-18-30/h4,6-12,15,17-18,25,32H,1,5,13-14,16H2,2-3H3/b26-24-. The molecule has 37 heavy (non-hydrogen) atoms. The number of benzene rings is 2. The molecule has 1 saturated heterocycles. The number of aliphatic hydroxyl groups is 1. The Hall–Kier alpha value is -4.53. The van der Waals surface area contributed by atoms with Crippen LogP contribution in [0, 0.1) is 0 Å². The van der Waals surface area contributed by atoms with Gasteiger partial charge in [0.05, 0.1) is 32.2 Å². The number of likely N-dealkylation sites (tertiary alicyclic amines) is 1. The van der Waals surface area contributed by atoms with E-state index in [0.717, 1.165) is 0 Å². The lowest BCUT2D eigenvalue weighted by Crippen LogP contribution is -2.31. The lowest BCUT2D eigenvalue weighted by molar-refractivity contribution is -0.139. The summed E-state index contributed by atoms with van der Waals surface area (Å²) in [5.41, 5.74) is 1.03. The van der Waals surface area contributed by atoms with Crippen LogP contribution in [0.5, 0.6) is 17.2 Å². The van der Waals surface area contributed by atoms with Crippen molar-refractivity contribution < 1.29 is 28.9 Å². The highest BCUT2D eigenvalue weighted by Crippen LogP contribution is 2.42. The molecule has 0 bridgehead atoms. The molecule has 2 heterocycles. The molecule has 1 aromatic heterocycles. The number of nitrogens with zero attached hydrogens (tertiary/aromatic N) is 3. The minimum absolute atomic E-state index is 0.0135. The first-order valence-corrected chi connectivity index (χ1v) is 11.8. The monoisotopic (exact) mass is 503 g/mol. The number of aryl methyl sites for hydroxylation is 1. The third-order valence-electron chi connectivity index (χ3n) is 6.13. The summed E-state index contributed by atoms with van der Waals surface area (Å²) in [6.07, 6.45) is 7.43. The van der Waals surface area contributed by atoms with Gasteiger partial charge in [0.25, 0.3) is 11.7 Å². The van der Waals surface area contributed by atoms with E-state index < -0.39 is 17.7 Å². The molecule has 0 saturated carbocycles. The predicted molar refractivity (Wildman–Crippen MR) is 138 cm³/mol. The number of carbonyl (C=O) groups is 2. The Morgan fingerprint density at radius 3 is 2.49 bits per heavy atom. The number of amides is 1. The molecule has 3 aromatic rings. The van der Waals surface area contributed by atoms with Crippen LogP contribution in [-0.2, 0) is 16.1 Å². The molecule has 4 rings (SSSR count). The predicted octanol–water partition coefficient (Wildman–Crippen LogP) is 3.98. The Labute approximate surface area is 215 Å². The zero-order chi connectivity index (χ0) is 26.4. The van der Waals surface area contributed by atoms with E-state index in [0.29, 0.717) is 54.5 Å². The van der Waals surface area contributed by atoms with Crippen LogP contribution in [0.3, 0.4) is 0 Å². The zero-order valence-corrected chi connectivity index (χ0v) is 20.8. The molecular weight excluding hydrogens is 474 g/mol. The first-order chi connectivity index (χ1) is 18.0. The van der Waals surface area contributed by atoms with Crippen LogP contribution in [-0.4, -0.2) is 58.6 Å². The van der Waals surface area contributed by atoms with E-state index in [1.54, 1.807) is 61.1 Å². The average Bonchev–Trinajstić information content (AvgIpc) is 3.53. The fraction of sp³-hybridized carbons (Fsp3) is 0.250. The van der Waals surface area contributed by atoms with Gasteiger partial charge in [-0.1, -0.05) is 18.7 Å². The number of methoxy groups -OCH3 is 2. The minimum Gasteiger partial charge on any atom is -0.507 e. The van der Waals surface area contributed by atoms with Crippen LogP contribution >= 0.6 is 0 Å². The van der Waals surface area contributed by atoms with Gasteiger partial charge in [-0.3, -0.25) is 9.59 Å². The van der Waals surface area contributed by atoms with Gasteiger partial charge in [0.1, 0.15) is 18.1 Å². The van der Waals surface area contributed by atoms with Gasteiger partial charge in [0.2, 0.25) is 0 Å². The fourth-order valence-corrected chi connectivity index (χ4v) is 4.34. The average molecular weight is 504 g/mol. The fourth-order valence-electron chi connectivity index (χ4n) is 4.34. The largest absolute Gasteiger partial charge is 0.507 e. The van der Waals surface area contributed by atoms with Crippen molar-refractivity contribution in [2.45, 2.75) is 19.0 Å². The second-order valence-electron chi connectivity index (χ2n) is 8.39. The molecule has 1 N–H and O–H groups in total. The van der Waals surface area contributed by atoms with Gasteiger partial charge in [0.15, 0.2) is 11.5 Å². The number of hydrogen-bond donors (Lipinski definition) is 1. The molecular formula is C28H29N3O6. The van der Waals surface area contributed by atoms with Gasteiger partial charge < -0.3 is 28.8 Å². The van der Waals surface area contributed by atoms with Crippen LogP contribution in [0.25, 0.3) is 5.76 Å². The Kier molecular flexibility index (Phi) is 7.92. The molecule has 0 spiro atoms. The number of aromatic nitrogens is 2. The van der Waals surface area contributed by atoms with Crippen LogP contribution in [0.4, 0.5) is 0 Å². The van der Waals surface area contributed by atoms with Crippen molar-refractivity contribution in [3.8, 4) is 17.2 Å². The number of ketones is 1. The van der Waals surface area contributed by atoms with Crippen LogP contribution in [0.1, 0.15) is 23.6 Å². The van der Waals surface area contributed by atoms with Gasteiger partial charge in [0, 0.05) is 31.0 Å². The highest BCUT2D eigenvalue weighted by Gasteiger charge is 2.46. The number of imidazole rings is 1. The summed E-state index contributed by atoms with van der Waals surface area (Å²) in [4.78, 5) is 32.0. The molecule has 9 heteroatoms. The van der Waals surface area contributed by atoms with Crippen LogP contribution in [0.15, 0.2) is 79.4 Å². The van der Waals surface area contributed by atoms with Gasteiger partial charge >= 0.3 is 0 Å². The van der Waals surface area contributed by atoms with Crippen molar-refractivity contribution >= 4 is 17.4 Å². The van der Waals surface area contributed by atoms with Crippen molar-refractivity contribution in [2.75, 3.05) is 27.4 Å². The molecule has 192 valence electrons. The Morgan fingerprint density at radius 1 is 1.08 bits per heavy atom. The molecule has 9 nitrogen and oxygen atoms in total. The van der Waals surface area contributed by atoms with Crippen molar-refractivity contribution in [2.24, 2.45) is 0 Å². The van der Waals surface area contributed by atoms with Crippen LogP contribution in [0.2, 0.25) is 0 Å². The summed E-state index contributed by atoms with van der Waals surface area (Å²) in [5.74, 6) is -0.116. The van der Waals surface area contributed by atoms with Gasteiger partial charge in [-0.25, -0.2) is 4.98 Å². The van der Waals surface area contributed by atoms with Crippen molar-refractivity contribution in [1.82, 2.24) is 14.5 Å². The number of Topliss-reactive ketones (excluding diaryl/α,β-unsaturated/α-hetero) is 1. The first kappa shape index (κ1) is 25.6. The minimum atomic E-state index is -0.806. The highest BCUT2D eigenvalue weighted by atomic mass is 16.5. The molecule has 1 aliphatic rings. The maximum Gasteiger partial charge on any atom is 0.295 e. The summed E-state index contributed by atoms with van der Waals surface area (Å²) in [5, 5.41) is 11.3. The molecule has 2 aromatic carbocycles. The quantitative estimate of drug-likeness (QED) is 0.183. The summed E-state index contributed by atoms with van der Waals surface area (Å²) in [6.45, 7) is 4.88. The maximum absolute atomic E-state index is 13.3. The number of ether oxygens (including phenoxy) is 3. The zero-order valence-electron chi connectivity index (χ0n) is 20.8. The topological polar surface area (TPSA) is 103 Å². The van der Waals surface area contributed by atoms with E-state index in [-0.39, 0.29) is 11.3 Å². The van der Waals surface area contributed by atoms with Crippen molar-refractivity contribution in [3.05, 3.63) is 90.5 Å². The first-order valence-electron chi connectivity index (χ1n) is 11.8. The number of hydrogen-bond acceptors (Lipinski definition) is 7. The number of aliphatic hydroxyl groups excluding tert-OH is 1. The molecule has 1 amide bonds. The van der Waals surface area contributed by atoms with Gasteiger partial charge in [-0.05, 0) is 48.4 Å². The van der Waals surface area contributed by atoms with E-state index in [1.165, 1.54) is 19.1 Å². The third-order valence-corrected chi connectivity index (χ3v) is 6.13. The summed E-state index contributed by atoms with van der Waals surface area (Å²) >= 11 is 0. The second kappa shape index (κ2) is 11.5. The molecule has 1 atom stereocenters. The third kappa shape index (κ3) is 5.35. The molecule has 1 fully saturated rings. The molecule has 0 aliphatic carbocycles. The Bertz CT molecular complexity index is 1300. The van der Waals surface area contributed by atoms with Gasteiger partial charge in [-0.2, -0.15) is 0 Å². The number of rotatable bonds is 11. The smallest absolute Gasteiger partial charge is 0.295 e. The maximum atomic E-state index is 13.3. The van der Waals surface area contributed by atoms with E-state index >= 15 is 0 Å². The molecule has 1 aliphatic heterocycles. The number of carbonyl (C=O) groups excluding carboxylic acids is 2. The Morgan fingerprint density at radius 2 is 1.84 bits per heavy atom. The summed E-state index contributed by atoms with van der Waals surface area (Å²) < 4.78 is 18.2. The van der Waals surface area contributed by atoms with Crippen molar-refractivity contribution in [3.63, 3.8) is 0 Å². The highest BCUT2D eigenvalue weighted by molar-refractivity contribution is 6.46. The SMILES string of the molecule is C=CCOc1ccc(/C(O)=C2/C(=O)C(=O)N(CCCn3ccnc3)C2c2ccc(OC)c(OC)c2)cc1.